The molecule has 0 spiro atoms. The van der Waals surface area contributed by atoms with Crippen LogP contribution in [0.25, 0.3) is 10.9 Å². The average Bonchev–Trinajstić information content (AvgIpc) is 2.62. The molecule has 1 aromatic heterocycles. The van der Waals surface area contributed by atoms with Crippen LogP contribution in [-0.2, 0) is 0 Å². The molecule has 3 aromatic rings. The van der Waals surface area contributed by atoms with Gasteiger partial charge in [-0.1, -0.05) is 23.7 Å². The van der Waals surface area contributed by atoms with Crippen LogP contribution in [0.1, 0.15) is 11.6 Å². The lowest BCUT2D eigenvalue weighted by Gasteiger charge is -2.25. The van der Waals surface area contributed by atoms with Crippen molar-refractivity contribution in [1.29, 1.82) is 0 Å². The third kappa shape index (κ3) is 4.00. The van der Waals surface area contributed by atoms with Crippen LogP contribution in [0.2, 0.25) is 5.02 Å². The number of ether oxygens (including phenoxy) is 1. The van der Waals surface area contributed by atoms with Crippen molar-refractivity contribution in [2.75, 3.05) is 33.1 Å². The maximum absolute atomic E-state index is 6.05. The summed E-state index contributed by atoms with van der Waals surface area (Å²) in [5.74, 6) is 1.66. The molecule has 0 saturated heterocycles. The van der Waals surface area contributed by atoms with Gasteiger partial charge in [-0.05, 0) is 50.0 Å². The Hall–Kier alpha value is -2.37. The highest BCUT2D eigenvalue weighted by Crippen LogP contribution is 2.25. The lowest BCUT2D eigenvalue weighted by molar-refractivity contribution is 0.311. The zero-order valence-electron chi connectivity index (χ0n) is 14.5. The fourth-order valence-corrected chi connectivity index (χ4v) is 2.96. The second-order valence-corrected chi connectivity index (χ2v) is 6.45. The second-order valence-electron chi connectivity index (χ2n) is 6.02. The van der Waals surface area contributed by atoms with Crippen molar-refractivity contribution in [2.24, 2.45) is 0 Å². The third-order valence-electron chi connectivity index (χ3n) is 4.19. The monoisotopic (exact) mass is 356 g/mol. The summed E-state index contributed by atoms with van der Waals surface area (Å²) < 4.78 is 5.24. The molecule has 0 radical (unpaired) electrons. The standard InChI is InChI=1S/C19H21ClN4O/c1-24(2)18(13-4-7-15(25-3)8-5-13)11-21-19-16-9-6-14(20)10-17(16)22-12-23-19/h4-10,12,18H,11H2,1-3H3,(H,21,22,23)/t18-/m1/s1. The molecule has 0 amide bonds. The second kappa shape index (κ2) is 7.68. The lowest BCUT2D eigenvalue weighted by atomic mass is 10.1. The predicted octanol–water partition coefficient (Wildman–Crippen LogP) is 4.01. The van der Waals surface area contributed by atoms with Crippen molar-refractivity contribution in [1.82, 2.24) is 14.9 Å². The van der Waals surface area contributed by atoms with Crippen LogP contribution >= 0.6 is 11.6 Å². The van der Waals surface area contributed by atoms with Crippen molar-refractivity contribution in [3.63, 3.8) is 0 Å². The molecule has 5 nitrogen and oxygen atoms in total. The normalized spacial score (nSPS) is 12.4. The van der Waals surface area contributed by atoms with Gasteiger partial charge in [0.05, 0.1) is 18.7 Å². The molecule has 0 aliphatic heterocycles. The van der Waals surface area contributed by atoms with E-state index in [1.165, 1.54) is 5.56 Å². The highest BCUT2D eigenvalue weighted by molar-refractivity contribution is 6.31. The molecular weight excluding hydrogens is 336 g/mol. The van der Waals surface area contributed by atoms with Crippen molar-refractivity contribution >= 4 is 28.3 Å². The molecular formula is C19H21ClN4O. The van der Waals surface area contributed by atoms with Crippen molar-refractivity contribution in [2.45, 2.75) is 6.04 Å². The topological polar surface area (TPSA) is 50.3 Å². The average molecular weight is 357 g/mol. The highest BCUT2D eigenvalue weighted by atomic mass is 35.5. The number of methoxy groups -OCH3 is 1. The number of anilines is 1. The summed E-state index contributed by atoms with van der Waals surface area (Å²) in [4.78, 5) is 10.8. The van der Waals surface area contributed by atoms with E-state index >= 15 is 0 Å². The third-order valence-corrected chi connectivity index (χ3v) is 4.42. The van der Waals surface area contributed by atoms with Gasteiger partial charge in [-0.2, -0.15) is 0 Å². The Balaban J connectivity index is 1.82. The van der Waals surface area contributed by atoms with Crippen molar-refractivity contribution < 1.29 is 4.74 Å². The fraction of sp³-hybridized carbons (Fsp3) is 0.263. The van der Waals surface area contributed by atoms with Gasteiger partial charge in [0.25, 0.3) is 0 Å². The van der Waals surface area contributed by atoms with E-state index in [2.05, 4.69) is 46.4 Å². The molecule has 6 heteroatoms. The van der Waals surface area contributed by atoms with E-state index in [4.69, 9.17) is 16.3 Å². The summed E-state index contributed by atoms with van der Waals surface area (Å²) in [6.07, 6.45) is 1.55. The summed E-state index contributed by atoms with van der Waals surface area (Å²) in [5, 5.41) is 5.07. The smallest absolute Gasteiger partial charge is 0.137 e. The molecule has 0 unspecified atom stereocenters. The van der Waals surface area contributed by atoms with Gasteiger partial charge in [0.1, 0.15) is 17.9 Å². The Morgan fingerprint density at radius 3 is 2.56 bits per heavy atom. The number of rotatable bonds is 6. The minimum Gasteiger partial charge on any atom is -0.497 e. The summed E-state index contributed by atoms with van der Waals surface area (Å²) in [7, 11) is 5.80. The lowest BCUT2D eigenvalue weighted by Crippen LogP contribution is -2.27. The van der Waals surface area contributed by atoms with Gasteiger partial charge in [-0.3, -0.25) is 0 Å². The Labute approximate surface area is 152 Å². The first-order valence-corrected chi connectivity index (χ1v) is 8.41. The Bertz CT molecular complexity index is 852. The van der Waals surface area contributed by atoms with Gasteiger partial charge in [0, 0.05) is 17.0 Å². The van der Waals surface area contributed by atoms with Crippen LogP contribution in [0.5, 0.6) is 5.75 Å². The van der Waals surface area contributed by atoms with Crippen LogP contribution in [0.3, 0.4) is 0 Å². The molecule has 2 aromatic carbocycles. The van der Waals surface area contributed by atoms with Crippen molar-refractivity contribution in [3.8, 4) is 5.75 Å². The number of likely N-dealkylation sites (N-methyl/N-ethyl adjacent to an activating group) is 1. The maximum atomic E-state index is 6.05. The molecule has 25 heavy (non-hydrogen) atoms. The molecule has 3 rings (SSSR count). The van der Waals surface area contributed by atoms with Gasteiger partial charge in [-0.15, -0.1) is 0 Å². The van der Waals surface area contributed by atoms with E-state index in [-0.39, 0.29) is 6.04 Å². The zero-order valence-corrected chi connectivity index (χ0v) is 15.3. The molecule has 0 aliphatic carbocycles. The molecule has 0 bridgehead atoms. The van der Waals surface area contributed by atoms with Crippen LogP contribution in [0.15, 0.2) is 48.8 Å². The number of fused-ring (bicyclic) bond motifs is 1. The van der Waals surface area contributed by atoms with Crippen LogP contribution < -0.4 is 10.1 Å². The first-order chi connectivity index (χ1) is 12.1. The van der Waals surface area contributed by atoms with Crippen LogP contribution in [0.4, 0.5) is 5.82 Å². The number of aromatic nitrogens is 2. The van der Waals surface area contributed by atoms with Gasteiger partial charge in [0.2, 0.25) is 0 Å². The number of nitrogens with one attached hydrogen (secondary N) is 1. The molecule has 1 atom stereocenters. The van der Waals surface area contributed by atoms with Gasteiger partial charge >= 0.3 is 0 Å². The maximum Gasteiger partial charge on any atom is 0.137 e. The number of benzene rings is 2. The molecule has 0 aliphatic rings. The van der Waals surface area contributed by atoms with Crippen molar-refractivity contribution in [3.05, 3.63) is 59.4 Å². The quantitative estimate of drug-likeness (QED) is 0.723. The largest absolute Gasteiger partial charge is 0.497 e. The van der Waals surface area contributed by atoms with Crippen LogP contribution in [0, 0.1) is 0 Å². The molecule has 0 fully saturated rings. The van der Waals surface area contributed by atoms with Gasteiger partial charge in [0.15, 0.2) is 0 Å². The predicted molar refractivity (Wildman–Crippen MR) is 102 cm³/mol. The van der Waals surface area contributed by atoms with E-state index < -0.39 is 0 Å². The first kappa shape index (κ1) is 17.5. The minimum absolute atomic E-state index is 0.197. The Morgan fingerprint density at radius 2 is 1.88 bits per heavy atom. The van der Waals surface area contributed by atoms with E-state index in [9.17, 15) is 0 Å². The SMILES string of the molecule is COc1ccc([C@@H](CNc2ncnc3cc(Cl)ccc23)N(C)C)cc1. The number of nitrogens with zero attached hydrogens (tertiary/aromatic N) is 3. The number of hydrogen-bond donors (Lipinski definition) is 1. The summed E-state index contributed by atoms with van der Waals surface area (Å²) in [5.41, 5.74) is 2.04. The molecule has 0 saturated carbocycles. The van der Waals surface area contributed by atoms with E-state index in [1.54, 1.807) is 13.4 Å². The molecule has 130 valence electrons. The fourth-order valence-electron chi connectivity index (χ4n) is 2.79. The number of halogens is 1. The summed E-state index contributed by atoms with van der Waals surface area (Å²) in [6, 6.07) is 14.0. The first-order valence-electron chi connectivity index (χ1n) is 8.03. The molecule has 1 heterocycles. The number of hydrogen-bond acceptors (Lipinski definition) is 5. The van der Waals surface area contributed by atoms with Gasteiger partial charge < -0.3 is 15.0 Å². The van der Waals surface area contributed by atoms with Crippen LogP contribution in [-0.4, -0.2) is 42.6 Å². The Morgan fingerprint density at radius 1 is 1.12 bits per heavy atom. The van der Waals surface area contributed by atoms with E-state index in [0.29, 0.717) is 11.6 Å². The zero-order chi connectivity index (χ0) is 17.8. The summed E-state index contributed by atoms with van der Waals surface area (Å²) >= 11 is 6.05. The minimum atomic E-state index is 0.197. The Kier molecular flexibility index (Phi) is 5.36. The molecule has 1 N–H and O–H groups in total. The van der Waals surface area contributed by atoms with E-state index in [0.717, 1.165) is 22.5 Å². The highest BCUT2D eigenvalue weighted by Gasteiger charge is 2.15. The van der Waals surface area contributed by atoms with Gasteiger partial charge in [-0.25, -0.2) is 9.97 Å². The summed E-state index contributed by atoms with van der Waals surface area (Å²) in [6.45, 7) is 0.716. The van der Waals surface area contributed by atoms with E-state index in [1.807, 2.05) is 30.3 Å².